The normalized spacial score (nSPS) is 44.2. The molecule has 0 heterocycles. The maximum atomic E-state index is 10.3. The van der Waals surface area contributed by atoms with Crippen LogP contribution in [-0.4, -0.2) is 11.2 Å². The van der Waals surface area contributed by atoms with Gasteiger partial charge in [0.25, 0.3) is 0 Å². The first-order chi connectivity index (χ1) is 14.9. The molecule has 0 aromatic rings. The molecule has 0 aromatic carbocycles. The van der Waals surface area contributed by atoms with Gasteiger partial charge in [-0.15, -0.1) is 0 Å². The van der Waals surface area contributed by atoms with E-state index in [1.807, 2.05) is 0 Å². The van der Waals surface area contributed by atoms with Crippen molar-refractivity contribution in [2.24, 2.45) is 51.8 Å². The van der Waals surface area contributed by atoms with Gasteiger partial charge in [-0.05, 0) is 123 Å². The number of rotatable bonds is 6. The summed E-state index contributed by atoms with van der Waals surface area (Å²) in [6.07, 6.45) is 15.3. The molecule has 0 amide bonds. The minimum atomic E-state index is -0.0906. The number of aliphatic hydroxyl groups excluding tert-OH is 1. The average molecular weight is 441 g/mol. The highest BCUT2D eigenvalue weighted by molar-refractivity contribution is 5.25. The summed E-state index contributed by atoms with van der Waals surface area (Å²) in [6.45, 7) is 21.6. The zero-order valence-corrected chi connectivity index (χ0v) is 22.3. The van der Waals surface area contributed by atoms with E-state index in [9.17, 15) is 5.11 Å². The highest BCUT2D eigenvalue weighted by atomic mass is 16.3. The summed E-state index contributed by atoms with van der Waals surface area (Å²) in [6, 6.07) is 0. The molecular formula is C31H52O. The Hall–Kier alpha value is -0.560. The lowest BCUT2D eigenvalue weighted by atomic mass is 9.47. The lowest BCUT2D eigenvalue weighted by molar-refractivity contribution is -0.0577. The first-order valence-electron chi connectivity index (χ1n) is 14.0. The molecule has 0 spiro atoms. The molecule has 3 saturated carbocycles. The van der Waals surface area contributed by atoms with Gasteiger partial charge in [0.2, 0.25) is 0 Å². The molecule has 3 fully saturated rings. The van der Waals surface area contributed by atoms with Gasteiger partial charge >= 0.3 is 0 Å². The van der Waals surface area contributed by atoms with Crippen molar-refractivity contribution in [3.8, 4) is 0 Å². The number of hydrogen-bond acceptors (Lipinski definition) is 1. The van der Waals surface area contributed by atoms with Crippen LogP contribution in [0.4, 0.5) is 0 Å². The molecule has 4 aliphatic carbocycles. The van der Waals surface area contributed by atoms with E-state index in [1.54, 1.807) is 5.57 Å². The monoisotopic (exact) mass is 440 g/mol. The third kappa shape index (κ3) is 3.77. The molecule has 0 unspecified atom stereocenters. The van der Waals surface area contributed by atoms with Gasteiger partial charge in [-0.2, -0.15) is 0 Å². The first kappa shape index (κ1) is 24.6. The molecule has 0 bridgehead atoms. The Morgan fingerprint density at radius 2 is 1.84 bits per heavy atom. The third-order valence-electron chi connectivity index (χ3n) is 12.2. The van der Waals surface area contributed by atoms with Crippen LogP contribution in [0, 0.1) is 51.8 Å². The van der Waals surface area contributed by atoms with E-state index in [0.717, 1.165) is 42.4 Å². The van der Waals surface area contributed by atoms with Crippen molar-refractivity contribution in [1.82, 2.24) is 0 Å². The lowest BCUT2D eigenvalue weighted by Crippen LogP contribution is -2.50. The number of allylic oxidation sites excluding steroid dienone is 2. The van der Waals surface area contributed by atoms with Crippen LogP contribution in [0.25, 0.3) is 0 Å². The predicted molar refractivity (Wildman–Crippen MR) is 137 cm³/mol. The average Bonchev–Trinajstić information content (AvgIpc) is 3.09. The molecule has 1 heteroatoms. The summed E-state index contributed by atoms with van der Waals surface area (Å²) < 4.78 is 0. The van der Waals surface area contributed by atoms with E-state index in [2.05, 4.69) is 61.1 Å². The maximum absolute atomic E-state index is 10.3. The molecule has 0 saturated heterocycles. The van der Waals surface area contributed by atoms with E-state index in [0.29, 0.717) is 16.7 Å². The van der Waals surface area contributed by atoms with Gasteiger partial charge < -0.3 is 5.11 Å². The van der Waals surface area contributed by atoms with Crippen LogP contribution in [0.3, 0.4) is 0 Å². The van der Waals surface area contributed by atoms with Crippen molar-refractivity contribution >= 4 is 0 Å². The van der Waals surface area contributed by atoms with Gasteiger partial charge in [0.15, 0.2) is 0 Å². The van der Waals surface area contributed by atoms with Crippen molar-refractivity contribution in [3.05, 3.63) is 23.8 Å². The van der Waals surface area contributed by atoms with Crippen LogP contribution in [0.5, 0.6) is 0 Å². The molecule has 0 aliphatic heterocycles. The third-order valence-corrected chi connectivity index (χ3v) is 12.2. The molecule has 0 aromatic heterocycles. The number of fused-ring (bicyclic) bond motifs is 5. The molecule has 9 atom stereocenters. The van der Waals surface area contributed by atoms with Crippen LogP contribution >= 0.6 is 0 Å². The Kier molecular flexibility index (Phi) is 6.59. The molecular weight excluding hydrogens is 388 g/mol. The van der Waals surface area contributed by atoms with Gasteiger partial charge in [0.1, 0.15) is 0 Å². The van der Waals surface area contributed by atoms with Crippen LogP contribution in [0.2, 0.25) is 0 Å². The van der Waals surface area contributed by atoms with Crippen LogP contribution in [-0.2, 0) is 0 Å². The van der Waals surface area contributed by atoms with Crippen LogP contribution in [0.1, 0.15) is 113 Å². The summed E-state index contributed by atoms with van der Waals surface area (Å²) in [7, 11) is 0. The maximum Gasteiger partial charge on any atom is 0.0577 e. The topological polar surface area (TPSA) is 20.2 Å². The summed E-state index contributed by atoms with van der Waals surface area (Å²) >= 11 is 0. The fourth-order valence-corrected chi connectivity index (χ4v) is 9.34. The SMILES string of the molecule is C=C(C)[C@@](C)(CC[C@@H](C)[C@H]1CC[C@H]2[C@@H]3CC=C4C[C@@H](O)CC[C@]4(C)[C@H]3CC[C@]12C)C(C)C. The van der Waals surface area contributed by atoms with Crippen molar-refractivity contribution in [2.75, 3.05) is 0 Å². The minimum Gasteiger partial charge on any atom is -0.393 e. The Balaban J connectivity index is 1.49. The summed E-state index contributed by atoms with van der Waals surface area (Å²) in [4.78, 5) is 0. The van der Waals surface area contributed by atoms with E-state index in [4.69, 9.17) is 0 Å². The molecule has 182 valence electrons. The molecule has 1 nitrogen and oxygen atoms in total. The quantitative estimate of drug-likeness (QED) is 0.410. The molecule has 1 N–H and O–H groups in total. The van der Waals surface area contributed by atoms with Crippen molar-refractivity contribution in [2.45, 2.75) is 119 Å². The van der Waals surface area contributed by atoms with Crippen molar-refractivity contribution in [1.29, 1.82) is 0 Å². The van der Waals surface area contributed by atoms with E-state index < -0.39 is 0 Å². The summed E-state index contributed by atoms with van der Waals surface area (Å²) in [5.74, 6) is 5.01. The second kappa shape index (κ2) is 8.58. The summed E-state index contributed by atoms with van der Waals surface area (Å²) in [5.41, 5.74) is 4.15. The predicted octanol–water partition coefficient (Wildman–Crippen LogP) is 8.58. The number of aliphatic hydroxyl groups is 1. The fraction of sp³-hybridized carbons (Fsp3) is 0.871. The Morgan fingerprint density at radius 3 is 2.50 bits per heavy atom. The second-order valence-electron chi connectivity index (χ2n) is 13.8. The zero-order valence-electron chi connectivity index (χ0n) is 22.3. The molecule has 4 aliphatic rings. The minimum absolute atomic E-state index is 0.0906. The Bertz CT molecular complexity index is 748. The molecule has 4 rings (SSSR count). The van der Waals surface area contributed by atoms with E-state index in [-0.39, 0.29) is 11.5 Å². The van der Waals surface area contributed by atoms with Gasteiger partial charge in [-0.3, -0.25) is 0 Å². The van der Waals surface area contributed by atoms with Crippen LogP contribution in [0.15, 0.2) is 23.8 Å². The van der Waals surface area contributed by atoms with Crippen LogP contribution < -0.4 is 0 Å². The standard InChI is InChI=1S/C31H52O/c1-20(2)29(6,21(3)4)16-13-22(5)26-11-12-27-25-10-9-23-19-24(32)14-17-30(23,7)28(25)15-18-31(26,27)8/h9,21-22,24-28,32H,1,10-19H2,2-8H3/t22-,24+,25+,26-,27+,28+,29-,30+,31-/m1/s1. The number of hydrogen-bond donors (Lipinski definition) is 1. The first-order valence-corrected chi connectivity index (χ1v) is 14.0. The fourth-order valence-electron chi connectivity index (χ4n) is 9.34. The highest BCUT2D eigenvalue weighted by Gasteiger charge is 2.59. The molecule has 0 radical (unpaired) electrons. The largest absolute Gasteiger partial charge is 0.393 e. The van der Waals surface area contributed by atoms with Gasteiger partial charge in [-0.1, -0.05) is 65.3 Å². The van der Waals surface area contributed by atoms with Crippen molar-refractivity contribution in [3.63, 3.8) is 0 Å². The van der Waals surface area contributed by atoms with Gasteiger partial charge in [0.05, 0.1) is 6.10 Å². The lowest BCUT2D eigenvalue weighted by Gasteiger charge is -2.58. The smallest absolute Gasteiger partial charge is 0.0577 e. The zero-order chi connectivity index (χ0) is 23.5. The molecule has 32 heavy (non-hydrogen) atoms. The Labute approximate surface area is 199 Å². The Morgan fingerprint density at radius 1 is 1.12 bits per heavy atom. The summed E-state index contributed by atoms with van der Waals surface area (Å²) in [5, 5.41) is 10.3. The van der Waals surface area contributed by atoms with Crippen molar-refractivity contribution < 1.29 is 5.11 Å². The van der Waals surface area contributed by atoms with Gasteiger partial charge in [0, 0.05) is 0 Å². The highest BCUT2D eigenvalue weighted by Crippen LogP contribution is 2.67. The van der Waals surface area contributed by atoms with Gasteiger partial charge in [-0.25, -0.2) is 0 Å². The second-order valence-corrected chi connectivity index (χ2v) is 13.8. The van der Waals surface area contributed by atoms with E-state index >= 15 is 0 Å². The van der Waals surface area contributed by atoms with E-state index in [1.165, 1.54) is 56.9 Å².